The SMILES string of the molecule is CNCCCON=C1CC[C@@]2(C)C(C1)[C@@H](CO)[C@@H](O)[C@@H]1[C@@H]2CC[C@]2(C)C(=O)CC[C@@H]12.Cl. The van der Waals surface area contributed by atoms with Crippen molar-refractivity contribution < 1.29 is 19.8 Å². The predicted molar refractivity (Wildman–Crippen MR) is 123 cm³/mol. The molecular formula is C24H41ClN2O4. The number of aliphatic hydroxyl groups excluding tert-OH is 2. The maximum Gasteiger partial charge on any atom is 0.139 e. The first-order chi connectivity index (χ1) is 14.4. The van der Waals surface area contributed by atoms with Crippen LogP contribution in [0.1, 0.15) is 65.2 Å². The summed E-state index contributed by atoms with van der Waals surface area (Å²) >= 11 is 0. The molecule has 6 nitrogen and oxygen atoms in total. The van der Waals surface area contributed by atoms with Gasteiger partial charge in [-0.05, 0) is 87.6 Å². The number of halogens is 1. The fourth-order valence-electron chi connectivity index (χ4n) is 7.79. The van der Waals surface area contributed by atoms with Crippen molar-refractivity contribution in [3.05, 3.63) is 0 Å². The van der Waals surface area contributed by atoms with E-state index in [9.17, 15) is 15.0 Å². The molecule has 4 aliphatic rings. The van der Waals surface area contributed by atoms with Crippen LogP contribution in [0.15, 0.2) is 5.16 Å². The molecule has 0 heterocycles. The van der Waals surface area contributed by atoms with Gasteiger partial charge >= 0.3 is 0 Å². The summed E-state index contributed by atoms with van der Waals surface area (Å²) < 4.78 is 0. The fourth-order valence-corrected chi connectivity index (χ4v) is 7.79. The van der Waals surface area contributed by atoms with Gasteiger partial charge in [-0.1, -0.05) is 19.0 Å². The molecule has 4 rings (SSSR count). The van der Waals surface area contributed by atoms with Crippen molar-refractivity contribution in [1.82, 2.24) is 5.32 Å². The third-order valence-corrected chi connectivity index (χ3v) is 9.56. The number of aliphatic hydroxyl groups is 2. The molecule has 8 atom stereocenters. The number of carbonyl (C=O) groups excluding carboxylic acids is 1. The molecule has 4 aliphatic carbocycles. The van der Waals surface area contributed by atoms with E-state index < -0.39 is 6.10 Å². The van der Waals surface area contributed by atoms with Gasteiger partial charge in [0.1, 0.15) is 12.4 Å². The van der Waals surface area contributed by atoms with Crippen molar-refractivity contribution >= 4 is 23.9 Å². The molecule has 1 unspecified atom stereocenters. The molecule has 0 radical (unpaired) electrons. The molecular weight excluding hydrogens is 416 g/mol. The Kier molecular flexibility index (Phi) is 7.77. The van der Waals surface area contributed by atoms with E-state index in [0.29, 0.717) is 24.7 Å². The van der Waals surface area contributed by atoms with Crippen molar-refractivity contribution in [2.45, 2.75) is 71.3 Å². The van der Waals surface area contributed by atoms with Crippen molar-refractivity contribution in [3.8, 4) is 0 Å². The third kappa shape index (κ3) is 4.07. The Hall–Kier alpha value is -0.690. The lowest BCUT2D eigenvalue weighted by atomic mass is 9.42. The minimum Gasteiger partial charge on any atom is -0.396 e. The Morgan fingerprint density at radius 3 is 2.65 bits per heavy atom. The molecule has 178 valence electrons. The summed E-state index contributed by atoms with van der Waals surface area (Å²) in [7, 11) is 1.93. The van der Waals surface area contributed by atoms with E-state index in [1.165, 1.54) is 0 Å². The second kappa shape index (κ2) is 9.66. The largest absolute Gasteiger partial charge is 0.396 e. The topological polar surface area (TPSA) is 91.2 Å². The number of nitrogens with one attached hydrogen (secondary N) is 1. The lowest BCUT2D eigenvalue weighted by molar-refractivity contribution is -0.188. The second-order valence-corrected chi connectivity index (χ2v) is 10.8. The Labute approximate surface area is 193 Å². The maximum absolute atomic E-state index is 12.7. The molecule has 4 fully saturated rings. The zero-order valence-electron chi connectivity index (χ0n) is 19.3. The first-order valence-corrected chi connectivity index (χ1v) is 12.0. The Bertz CT molecular complexity index is 688. The lowest BCUT2D eigenvalue weighted by Gasteiger charge is -2.63. The minimum atomic E-state index is -0.538. The van der Waals surface area contributed by atoms with Crippen molar-refractivity contribution in [3.63, 3.8) is 0 Å². The third-order valence-electron chi connectivity index (χ3n) is 9.56. The minimum absolute atomic E-state index is 0. The van der Waals surface area contributed by atoms with Crippen LogP contribution in [-0.2, 0) is 9.63 Å². The highest BCUT2D eigenvalue weighted by molar-refractivity contribution is 5.87. The summed E-state index contributed by atoms with van der Waals surface area (Å²) in [5.41, 5.74) is 0.881. The van der Waals surface area contributed by atoms with Gasteiger partial charge < -0.3 is 20.4 Å². The molecule has 0 aliphatic heterocycles. The van der Waals surface area contributed by atoms with Gasteiger partial charge in [0.2, 0.25) is 0 Å². The quantitative estimate of drug-likeness (QED) is 0.421. The molecule has 4 saturated carbocycles. The van der Waals surface area contributed by atoms with Gasteiger partial charge in [0.15, 0.2) is 0 Å². The standard InChI is InChI=1S/C24H40N2O4.ClH/c1-23-9-7-15(26-30-12-4-11-25-3)13-19(23)16(14-27)22(29)21-17-5-6-20(28)24(17,2)10-8-18(21)23;/h16-19,21-22,25,27,29H,4-14H2,1-3H3;1H/t16-,17+,18+,19?,21+,22-,23-,24+;/m1./s1. The van der Waals surface area contributed by atoms with Crippen molar-refractivity contribution in [2.75, 3.05) is 26.8 Å². The number of carbonyl (C=O) groups is 1. The second-order valence-electron chi connectivity index (χ2n) is 10.8. The molecule has 0 aromatic carbocycles. The van der Waals surface area contributed by atoms with E-state index in [4.69, 9.17) is 4.84 Å². The van der Waals surface area contributed by atoms with Crippen LogP contribution < -0.4 is 5.32 Å². The summed E-state index contributed by atoms with van der Waals surface area (Å²) in [5.74, 6) is 1.26. The molecule has 0 aromatic heterocycles. The molecule has 0 spiro atoms. The Balaban J connectivity index is 0.00000272. The highest BCUT2D eigenvalue weighted by Gasteiger charge is 2.64. The Morgan fingerprint density at radius 2 is 1.94 bits per heavy atom. The summed E-state index contributed by atoms with van der Waals surface area (Å²) in [5, 5.41) is 29.3. The van der Waals surface area contributed by atoms with Gasteiger partial charge in [-0.3, -0.25) is 4.79 Å². The van der Waals surface area contributed by atoms with E-state index in [-0.39, 0.29) is 53.5 Å². The average molecular weight is 457 g/mol. The van der Waals surface area contributed by atoms with Crippen LogP contribution in [0.5, 0.6) is 0 Å². The number of fused-ring (bicyclic) bond motifs is 5. The monoisotopic (exact) mass is 456 g/mol. The number of oxime groups is 1. The summed E-state index contributed by atoms with van der Waals surface area (Å²) in [6.07, 6.45) is 6.66. The number of ketones is 1. The van der Waals surface area contributed by atoms with Gasteiger partial charge in [-0.15, -0.1) is 12.4 Å². The maximum atomic E-state index is 12.7. The molecule has 31 heavy (non-hydrogen) atoms. The predicted octanol–water partition coefficient (Wildman–Crippen LogP) is 3.19. The molecule has 0 bridgehead atoms. The zero-order valence-corrected chi connectivity index (χ0v) is 20.1. The highest BCUT2D eigenvalue weighted by atomic mass is 35.5. The van der Waals surface area contributed by atoms with Crippen molar-refractivity contribution in [1.29, 1.82) is 0 Å². The number of hydrogen-bond donors (Lipinski definition) is 3. The summed E-state index contributed by atoms with van der Waals surface area (Å²) in [6.45, 7) is 6.04. The Morgan fingerprint density at radius 1 is 1.16 bits per heavy atom. The number of hydrogen-bond acceptors (Lipinski definition) is 6. The highest BCUT2D eigenvalue weighted by Crippen LogP contribution is 2.66. The first-order valence-electron chi connectivity index (χ1n) is 12.0. The average Bonchev–Trinajstić information content (AvgIpc) is 3.04. The van der Waals surface area contributed by atoms with Gasteiger partial charge in [-0.2, -0.15) is 0 Å². The molecule has 3 N–H and O–H groups in total. The van der Waals surface area contributed by atoms with Gasteiger partial charge in [0.05, 0.1) is 11.8 Å². The molecule has 7 heteroatoms. The van der Waals surface area contributed by atoms with Gasteiger partial charge in [0, 0.05) is 24.4 Å². The van der Waals surface area contributed by atoms with Gasteiger partial charge in [-0.25, -0.2) is 0 Å². The van der Waals surface area contributed by atoms with Crippen LogP contribution >= 0.6 is 12.4 Å². The van der Waals surface area contributed by atoms with E-state index in [0.717, 1.165) is 57.2 Å². The van der Waals surface area contributed by atoms with E-state index in [1.807, 2.05) is 7.05 Å². The van der Waals surface area contributed by atoms with E-state index in [2.05, 4.69) is 24.3 Å². The number of nitrogens with zero attached hydrogens (tertiary/aromatic N) is 1. The van der Waals surface area contributed by atoms with Crippen LogP contribution in [0, 0.1) is 40.4 Å². The normalized spacial score (nSPS) is 45.5. The molecule has 0 amide bonds. The summed E-state index contributed by atoms with van der Waals surface area (Å²) in [6, 6.07) is 0. The summed E-state index contributed by atoms with van der Waals surface area (Å²) in [4.78, 5) is 18.2. The van der Waals surface area contributed by atoms with Crippen LogP contribution in [0.2, 0.25) is 0 Å². The van der Waals surface area contributed by atoms with Crippen LogP contribution in [0.3, 0.4) is 0 Å². The fraction of sp³-hybridized carbons (Fsp3) is 0.917. The van der Waals surface area contributed by atoms with Gasteiger partial charge in [0.25, 0.3) is 0 Å². The van der Waals surface area contributed by atoms with E-state index >= 15 is 0 Å². The van der Waals surface area contributed by atoms with Crippen LogP contribution in [0.25, 0.3) is 0 Å². The number of Topliss-reactive ketones (excluding diaryl/α,β-unsaturated/α-hetero) is 1. The lowest BCUT2D eigenvalue weighted by Crippen LogP contribution is -2.62. The van der Waals surface area contributed by atoms with Crippen molar-refractivity contribution in [2.24, 2.45) is 45.6 Å². The smallest absolute Gasteiger partial charge is 0.139 e. The van der Waals surface area contributed by atoms with Crippen LogP contribution in [0.4, 0.5) is 0 Å². The van der Waals surface area contributed by atoms with E-state index in [1.54, 1.807) is 0 Å². The zero-order chi connectivity index (χ0) is 21.5. The number of rotatable bonds is 6. The molecule has 0 aromatic rings. The molecule has 0 saturated heterocycles. The van der Waals surface area contributed by atoms with Crippen LogP contribution in [-0.4, -0.2) is 54.6 Å². The first kappa shape index (κ1) is 24.9.